The van der Waals surface area contributed by atoms with Gasteiger partial charge in [-0.3, -0.25) is 9.67 Å². The second kappa shape index (κ2) is 9.52. The average molecular weight is 503 g/mol. The van der Waals surface area contributed by atoms with E-state index in [1.165, 1.54) is 0 Å². The zero-order valence-corrected chi connectivity index (χ0v) is 21.0. The number of hydrogen-bond donors (Lipinski definition) is 1. The fourth-order valence-electron chi connectivity index (χ4n) is 4.96. The number of hydrogen-bond acceptors (Lipinski definition) is 6. The van der Waals surface area contributed by atoms with Crippen LogP contribution in [0.4, 0.5) is 0 Å². The summed E-state index contributed by atoms with van der Waals surface area (Å²) in [4.78, 5) is 17.1. The molecule has 2 aromatic carbocycles. The Morgan fingerprint density at radius 1 is 1.06 bits per heavy atom. The number of imidazole rings is 1. The third kappa shape index (κ3) is 4.54. The number of nitrogens with one attached hydrogen (secondary N) is 1. The van der Waals surface area contributed by atoms with Crippen LogP contribution in [-0.4, -0.2) is 42.9 Å². The van der Waals surface area contributed by atoms with Crippen molar-refractivity contribution >= 4 is 33.7 Å². The number of halogens is 1. The molecular weight excluding hydrogens is 476 g/mol. The highest BCUT2D eigenvalue weighted by Gasteiger charge is 2.21. The molecule has 3 heterocycles. The molecule has 1 fully saturated rings. The van der Waals surface area contributed by atoms with E-state index in [0.29, 0.717) is 39.6 Å². The molecule has 5 aromatic rings. The normalized spacial score (nSPS) is 18.2. The van der Waals surface area contributed by atoms with Gasteiger partial charge in [-0.15, -0.1) is 0 Å². The van der Waals surface area contributed by atoms with Crippen molar-refractivity contribution in [2.45, 2.75) is 45.3 Å². The summed E-state index contributed by atoms with van der Waals surface area (Å²) in [7, 11) is 1.80. The summed E-state index contributed by atoms with van der Waals surface area (Å²) >= 11 is 6.75. The molecular formula is C27H27ClN6O2. The molecule has 0 bridgehead atoms. The molecule has 3 aromatic heterocycles. The fraction of sp³-hybridized carbons (Fsp3) is 0.333. The molecule has 0 unspecified atom stereocenters. The minimum atomic E-state index is 0.401. The first kappa shape index (κ1) is 22.9. The predicted octanol–water partition coefficient (Wildman–Crippen LogP) is 6.33. The Labute approximate surface area is 213 Å². The van der Waals surface area contributed by atoms with E-state index in [4.69, 9.17) is 26.1 Å². The maximum atomic E-state index is 6.75. The lowest BCUT2D eigenvalue weighted by atomic mass is 9.87. The van der Waals surface area contributed by atoms with Gasteiger partial charge in [-0.05, 0) is 62.8 Å². The van der Waals surface area contributed by atoms with E-state index in [1.807, 2.05) is 54.3 Å². The van der Waals surface area contributed by atoms with Crippen molar-refractivity contribution in [1.82, 2.24) is 29.7 Å². The zero-order valence-electron chi connectivity index (χ0n) is 20.2. The van der Waals surface area contributed by atoms with Crippen LogP contribution in [0.3, 0.4) is 0 Å². The highest BCUT2D eigenvalue weighted by atomic mass is 35.5. The minimum Gasteiger partial charge on any atom is -0.456 e. The molecule has 1 aliphatic rings. The van der Waals surface area contributed by atoms with E-state index in [1.54, 1.807) is 13.3 Å². The number of fused-ring (bicyclic) bond motifs is 2. The molecule has 6 rings (SSSR count). The molecule has 184 valence electrons. The predicted molar refractivity (Wildman–Crippen MR) is 139 cm³/mol. The van der Waals surface area contributed by atoms with Crippen molar-refractivity contribution < 1.29 is 9.47 Å². The summed E-state index contributed by atoms with van der Waals surface area (Å²) < 4.78 is 13.6. The molecule has 1 N–H and O–H groups in total. The van der Waals surface area contributed by atoms with Crippen molar-refractivity contribution in [1.29, 1.82) is 0 Å². The number of rotatable bonds is 6. The minimum absolute atomic E-state index is 0.401. The van der Waals surface area contributed by atoms with Crippen LogP contribution in [0.25, 0.3) is 33.3 Å². The van der Waals surface area contributed by atoms with E-state index < -0.39 is 0 Å². The van der Waals surface area contributed by atoms with Crippen LogP contribution in [0.1, 0.15) is 31.5 Å². The third-order valence-corrected chi connectivity index (χ3v) is 7.28. The topological polar surface area (TPSA) is 90.7 Å². The summed E-state index contributed by atoms with van der Waals surface area (Å²) in [5.41, 5.74) is 4.74. The van der Waals surface area contributed by atoms with Gasteiger partial charge in [0.2, 0.25) is 0 Å². The molecule has 1 saturated carbocycles. The molecule has 0 atom stereocenters. The Hall–Kier alpha value is -3.49. The second-order valence-electron chi connectivity index (χ2n) is 9.43. The van der Waals surface area contributed by atoms with Gasteiger partial charge in [0.25, 0.3) is 0 Å². The van der Waals surface area contributed by atoms with Gasteiger partial charge in [-0.1, -0.05) is 11.6 Å². The van der Waals surface area contributed by atoms with Crippen molar-refractivity contribution in [3.05, 3.63) is 59.8 Å². The van der Waals surface area contributed by atoms with Gasteiger partial charge in [0.05, 0.1) is 40.7 Å². The monoisotopic (exact) mass is 502 g/mol. The summed E-state index contributed by atoms with van der Waals surface area (Å²) in [6.45, 7) is 2.82. The third-order valence-electron chi connectivity index (χ3n) is 6.92. The lowest BCUT2D eigenvalue weighted by molar-refractivity contribution is 0.0536. The Morgan fingerprint density at radius 3 is 2.72 bits per heavy atom. The van der Waals surface area contributed by atoms with Gasteiger partial charge in [0.1, 0.15) is 27.9 Å². The first-order valence-corrected chi connectivity index (χ1v) is 12.6. The summed E-state index contributed by atoms with van der Waals surface area (Å²) in [5, 5.41) is 5.00. The second-order valence-corrected chi connectivity index (χ2v) is 9.81. The maximum absolute atomic E-state index is 6.75. The number of aryl methyl sites for hydroxylation is 1. The Kier molecular flexibility index (Phi) is 6.07. The SMILES string of the molecule is COC1CCC(Cn2cc(-c3cnc4ccc(Oc5ccc6nc(C)[nH]c6c5)c(Cl)c4n3)cn2)CC1. The van der Waals surface area contributed by atoms with Crippen molar-refractivity contribution in [3.8, 4) is 22.8 Å². The van der Waals surface area contributed by atoms with Crippen LogP contribution in [0.2, 0.25) is 5.02 Å². The van der Waals surface area contributed by atoms with Gasteiger partial charge < -0.3 is 14.5 Å². The number of ether oxygens (including phenoxy) is 2. The zero-order chi connectivity index (χ0) is 24.6. The average Bonchev–Trinajstić information content (AvgIpc) is 3.51. The Balaban J connectivity index is 1.23. The molecule has 0 amide bonds. The molecule has 0 radical (unpaired) electrons. The first-order valence-electron chi connectivity index (χ1n) is 12.2. The van der Waals surface area contributed by atoms with Gasteiger partial charge in [0.15, 0.2) is 0 Å². The number of aromatic nitrogens is 6. The highest BCUT2D eigenvalue weighted by Crippen LogP contribution is 2.36. The molecule has 36 heavy (non-hydrogen) atoms. The fourth-order valence-corrected chi connectivity index (χ4v) is 5.20. The van der Waals surface area contributed by atoms with E-state index in [-0.39, 0.29) is 0 Å². The van der Waals surface area contributed by atoms with E-state index in [2.05, 4.69) is 20.1 Å². The van der Waals surface area contributed by atoms with Crippen LogP contribution in [0, 0.1) is 12.8 Å². The molecule has 0 spiro atoms. The van der Waals surface area contributed by atoms with Gasteiger partial charge in [-0.2, -0.15) is 5.10 Å². The first-order chi connectivity index (χ1) is 17.6. The van der Waals surface area contributed by atoms with Crippen molar-refractivity contribution in [2.75, 3.05) is 7.11 Å². The molecule has 1 aliphatic carbocycles. The van der Waals surface area contributed by atoms with Crippen LogP contribution in [-0.2, 0) is 11.3 Å². The maximum Gasteiger partial charge on any atom is 0.148 e. The van der Waals surface area contributed by atoms with Crippen LogP contribution < -0.4 is 4.74 Å². The summed E-state index contributed by atoms with van der Waals surface area (Å²) in [5.74, 6) is 2.66. The van der Waals surface area contributed by atoms with Crippen LogP contribution in [0.5, 0.6) is 11.5 Å². The Bertz CT molecular complexity index is 1540. The highest BCUT2D eigenvalue weighted by molar-refractivity contribution is 6.36. The number of nitrogens with zero attached hydrogens (tertiary/aromatic N) is 5. The van der Waals surface area contributed by atoms with Crippen molar-refractivity contribution in [3.63, 3.8) is 0 Å². The van der Waals surface area contributed by atoms with E-state index >= 15 is 0 Å². The lowest BCUT2D eigenvalue weighted by Gasteiger charge is -2.27. The lowest BCUT2D eigenvalue weighted by Crippen LogP contribution is -2.23. The molecule has 0 aliphatic heterocycles. The van der Waals surface area contributed by atoms with E-state index in [9.17, 15) is 0 Å². The summed E-state index contributed by atoms with van der Waals surface area (Å²) in [6.07, 6.45) is 10.6. The van der Waals surface area contributed by atoms with E-state index in [0.717, 1.165) is 60.3 Å². The van der Waals surface area contributed by atoms with Crippen LogP contribution >= 0.6 is 11.6 Å². The number of methoxy groups -OCH3 is 1. The van der Waals surface area contributed by atoms with Gasteiger partial charge in [-0.25, -0.2) is 9.97 Å². The Morgan fingerprint density at radius 2 is 1.89 bits per heavy atom. The number of benzene rings is 2. The molecule has 8 nitrogen and oxygen atoms in total. The molecule has 9 heteroatoms. The largest absolute Gasteiger partial charge is 0.456 e. The van der Waals surface area contributed by atoms with Crippen LogP contribution in [0.15, 0.2) is 48.9 Å². The number of H-pyrrole nitrogens is 1. The van der Waals surface area contributed by atoms with Gasteiger partial charge >= 0.3 is 0 Å². The quantitative estimate of drug-likeness (QED) is 0.292. The summed E-state index contributed by atoms with van der Waals surface area (Å²) in [6, 6.07) is 9.39. The van der Waals surface area contributed by atoms with Gasteiger partial charge in [0, 0.05) is 31.5 Å². The van der Waals surface area contributed by atoms with Crippen molar-refractivity contribution in [2.24, 2.45) is 5.92 Å². The standard InChI is InChI=1S/C27H27ClN6O2/c1-16-31-21-8-7-20(11-23(21)32-16)36-25-10-9-22-27(26(25)28)33-24(13-29-22)18-12-30-34(15-18)14-17-3-5-19(35-2)6-4-17/h7-13,15,17,19H,3-6,14H2,1-2H3,(H,31,32). The smallest absolute Gasteiger partial charge is 0.148 e. The number of aromatic amines is 1. The molecule has 0 saturated heterocycles.